The Balaban J connectivity index is 1.96. The average Bonchev–Trinajstić information content (AvgIpc) is 2.84. The quantitative estimate of drug-likeness (QED) is 0.437. The Bertz CT molecular complexity index is 1430. The summed E-state index contributed by atoms with van der Waals surface area (Å²) in [6.45, 7) is 0. The van der Waals surface area contributed by atoms with Gasteiger partial charge >= 0.3 is 6.03 Å². The van der Waals surface area contributed by atoms with Crippen LogP contribution in [0.5, 0.6) is 11.5 Å². The second kappa shape index (κ2) is 9.13. The number of nitrogens with two attached hydrogens (primary N) is 1. The van der Waals surface area contributed by atoms with Gasteiger partial charge in [-0.3, -0.25) is 0 Å². The summed E-state index contributed by atoms with van der Waals surface area (Å²) in [5.41, 5.74) is 6.22. The molecule has 1 unspecified atom stereocenters. The lowest BCUT2D eigenvalue weighted by molar-refractivity contribution is 0.259. The smallest absolute Gasteiger partial charge is 0.316 e. The van der Waals surface area contributed by atoms with Gasteiger partial charge in [-0.2, -0.15) is 4.36 Å². The van der Waals surface area contributed by atoms with Crippen LogP contribution in [0.15, 0.2) is 87.2 Å². The number of methoxy groups -OCH3 is 2. The van der Waals surface area contributed by atoms with Crippen LogP contribution >= 0.6 is 0 Å². The van der Waals surface area contributed by atoms with Crippen molar-refractivity contribution >= 4 is 38.2 Å². The van der Waals surface area contributed by atoms with E-state index in [1.54, 1.807) is 60.7 Å². The molecule has 1 atom stereocenters. The van der Waals surface area contributed by atoms with Crippen LogP contribution in [0.4, 0.5) is 16.3 Å². The minimum atomic E-state index is -3.15. The number of nitrogens with zero attached hydrogens (tertiary/aromatic N) is 3. The van der Waals surface area contributed by atoms with Crippen molar-refractivity contribution in [3.8, 4) is 11.5 Å². The molecule has 0 aliphatic rings. The SMILES string of the molecule is COc1cc2ncnc(N=S(=O)(c3ccccc3)c3ccc(NC(N)=O)cc3)c2cc1OC. The Morgan fingerprint density at radius 2 is 1.58 bits per heavy atom. The van der Waals surface area contributed by atoms with E-state index in [4.69, 9.17) is 15.2 Å². The standard InChI is InChI=1S/C23H21N5O4S/c1-31-20-12-18-19(13-21(20)32-2)25-14-26-22(18)28-33(30,16-6-4-3-5-7-16)17-10-8-15(9-11-17)27-23(24)29/h3-14H,1-2H3,(H3,24,27,29). The third kappa shape index (κ3) is 4.41. The highest BCUT2D eigenvalue weighted by molar-refractivity contribution is 7.93. The van der Waals surface area contributed by atoms with Crippen LogP contribution in [-0.4, -0.2) is 34.4 Å². The summed E-state index contributed by atoms with van der Waals surface area (Å²) < 4.78 is 29.8. The highest BCUT2D eigenvalue weighted by atomic mass is 32.2. The van der Waals surface area contributed by atoms with Crippen molar-refractivity contribution in [2.45, 2.75) is 9.79 Å². The maximum atomic E-state index is 14.4. The molecule has 2 amide bonds. The molecule has 4 rings (SSSR count). The molecule has 0 spiro atoms. The van der Waals surface area contributed by atoms with Crippen molar-refractivity contribution in [1.29, 1.82) is 0 Å². The van der Waals surface area contributed by atoms with Gasteiger partial charge in [0.05, 0.1) is 29.5 Å². The molecule has 33 heavy (non-hydrogen) atoms. The van der Waals surface area contributed by atoms with E-state index in [0.717, 1.165) is 0 Å². The van der Waals surface area contributed by atoms with Gasteiger partial charge in [0.25, 0.3) is 0 Å². The van der Waals surface area contributed by atoms with E-state index in [1.165, 1.54) is 20.5 Å². The first-order chi connectivity index (χ1) is 15.9. The van der Waals surface area contributed by atoms with Gasteiger partial charge in [0.2, 0.25) is 0 Å². The topological polar surface area (TPSA) is 129 Å². The summed E-state index contributed by atoms with van der Waals surface area (Å²) in [6.07, 6.45) is 1.36. The second-order valence-corrected chi connectivity index (χ2v) is 9.04. The fourth-order valence-corrected chi connectivity index (χ4v) is 5.18. The number of aromatic nitrogens is 2. The zero-order valence-corrected chi connectivity index (χ0v) is 18.7. The summed E-state index contributed by atoms with van der Waals surface area (Å²) in [7, 11) is -0.0890. The van der Waals surface area contributed by atoms with E-state index in [9.17, 15) is 9.00 Å². The number of rotatable bonds is 6. The normalized spacial score (nSPS) is 12.5. The van der Waals surface area contributed by atoms with Gasteiger partial charge in [-0.05, 0) is 42.5 Å². The van der Waals surface area contributed by atoms with Crippen LogP contribution in [0.25, 0.3) is 10.9 Å². The average molecular weight is 464 g/mol. The molecule has 0 radical (unpaired) electrons. The number of carbonyl (C=O) groups excluding carboxylic acids is 1. The van der Waals surface area contributed by atoms with Crippen LogP contribution in [0.2, 0.25) is 0 Å². The predicted molar refractivity (Wildman–Crippen MR) is 125 cm³/mol. The molecule has 10 heteroatoms. The molecule has 0 fully saturated rings. The second-order valence-electron chi connectivity index (χ2n) is 6.87. The third-order valence-corrected chi connectivity index (χ3v) is 7.09. The van der Waals surface area contributed by atoms with Crippen LogP contribution in [0, 0.1) is 0 Å². The van der Waals surface area contributed by atoms with E-state index >= 15 is 0 Å². The van der Waals surface area contributed by atoms with Crippen molar-refractivity contribution in [2.24, 2.45) is 10.1 Å². The lowest BCUT2D eigenvalue weighted by atomic mass is 10.2. The van der Waals surface area contributed by atoms with Crippen molar-refractivity contribution < 1.29 is 18.5 Å². The Labute approximate surface area is 190 Å². The Hall–Kier alpha value is -4.18. The molecule has 0 bridgehead atoms. The molecule has 4 aromatic rings. The maximum absolute atomic E-state index is 14.4. The third-order valence-electron chi connectivity index (χ3n) is 4.84. The zero-order valence-electron chi connectivity index (χ0n) is 17.9. The lowest BCUT2D eigenvalue weighted by Gasteiger charge is -2.13. The van der Waals surface area contributed by atoms with Gasteiger partial charge in [0.1, 0.15) is 16.1 Å². The van der Waals surface area contributed by atoms with E-state index in [1.807, 2.05) is 6.07 Å². The molecule has 3 N–H and O–H groups in total. The number of amides is 2. The molecule has 3 aromatic carbocycles. The molecule has 0 saturated heterocycles. The van der Waals surface area contributed by atoms with Gasteiger partial charge in [0.15, 0.2) is 17.3 Å². The summed E-state index contributed by atoms with van der Waals surface area (Å²) in [4.78, 5) is 20.7. The van der Waals surface area contributed by atoms with E-state index in [-0.39, 0.29) is 5.82 Å². The van der Waals surface area contributed by atoms with E-state index < -0.39 is 15.8 Å². The van der Waals surface area contributed by atoms with Crippen molar-refractivity contribution in [3.63, 3.8) is 0 Å². The molecule has 0 aliphatic carbocycles. The van der Waals surface area contributed by atoms with Gasteiger partial charge in [-0.15, -0.1) is 0 Å². The van der Waals surface area contributed by atoms with Crippen LogP contribution < -0.4 is 20.5 Å². The number of benzene rings is 3. The molecular formula is C23H21N5O4S. The molecule has 168 valence electrons. The van der Waals surface area contributed by atoms with Crippen LogP contribution in [0.1, 0.15) is 0 Å². The molecular weight excluding hydrogens is 442 g/mol. The number of fused-ring (bicyclic) bond motifs is 1. The summed E-state index contributed by atoms with van der Waals surface area (Å²) >= 11 is 0. The van der Waals surface area contributed by atoms with Crippen LogP contribution in [0.3, 0.4) is 0 Å². The lowest BCUT2D eigenvalue weighted by Crippen LogP contribution is -2.19. The fraction of sp³-hybridized carbons (Fsp3) is 0.0870. The Morgan fingerprint density at radius 1 is 0.939 bits per heavy atom. The number of primary amides is 1. The van der Waals surface area contributed by atoms with E-state index in [0.29, 0.717) is 37.9 Å². The predicted octanol–water partition coefficient (Wildman–Crippen LogP) is 4.36. The number of ether oxygens (including phenoxy) is 2. The summed E-state index contributed by atoms with van der Waals surface area (Å²) in [6, 6.07) is 18.1. The molecule has 0 aliphatic heterocycles. The minimum Gasteiger partial charge on any atom is -0.493 e. The summed E-state index contributed by atoms with van der Waals surface area (Å²) in [5, 5.41) is 3.05. The monoisotopic (exact) mass is 463 g/mol. The van der Waals surface area contributed by atoms with Gasteiger partial charge in [-0.1, -0.05) is 18.2 Å². The Morgan fingerprint density at radius 3 is 2.21 bits per heavy atom. The zero-order chi connectivity index (χ0) is 23.4. The number of anilines is 1. The van der Waals surface area contributed by atoms with Crippen LogP contribution in [-0.2, 0) is 9.73 Å². The number of nitrogens with one attached hydrogen (secondary N) is 1. The molecule has 0 saturated carbocycles. The van der Waals surface area contributed by atoms with Crippen molar-refractivity contribution in [2.75, 3.05) is 19.5 Å². The minimum absolute atomic E-state index is 0.245. The molecule has 9 nitrogen and oxygen atoms in total. The number of hydrogen-bond donors (Lipinski definition) is 2. The maximum Gasteiger partial charge on any atom is 0.316 e. The van der Waals surface area contributed by atoms with Gasteiger partial charge < -0.3 is 20.5 Å². The molecule has 1 heterocycles. The first-order valence-electron chi connectivity index (χ1n) is 9.80. The fourth-order valence-electron chi connectivity index (χ4n) is 3.28. The number of carbonyl (C=O) groups is 1. The van der Waals surface area contributed by atoms with Crippen molar-refractivity contribution in [3.05, 3.63) is 73.1 Å². The number of hydrogen-bond acceptors (Lipinski definition) is 7. The molecule has 1 aromatic heterocycles. The van der Waals surface area contributed by atoms with E-state index in [2.05, 4.69) is 19.6 Å². The van der Waals surface area contributed by atoms with Crippen molar-refractivity contribution in [1.82, 2.24) is 9.97 Å². The largest absolute Gasteiger partial charge is 0.493 e. The Kier molecular flexibility index (Phi) is 6.09. The van der Waals surface area contributed by atoms with Gasteiger partial charge in [0, 0.05) is 17.1 Å². The number of urea groups is 1. The summed E-state index contributed by atoms with van der Waals surface area (Å²) in [5.74, 6) is 1.23. The highest BCUT2D eigenvalue weighted by Gasteiger charge is 2.19. The highest BCUT2D eigenvalue weighted by Crippen LogP contribution is 2.36. The first kappa shape index (κ1) is 22.0. The van der Waals surface area contributed by atoms with Gasteiger partial charge in [-0.25, -0.2) is 19.0 Å². The first-order valence-corrected chi connectivity index (χ1v) is 11.3.